The van der Waals surface area contributed by atoms with Gasteiger partial charge in [0.2, 0.25) is 10.0 Å². The highest BCUT2D eigenvalue weighted by atomic mass is 32.2. The molecule has 6 heteroatoms. The number of rotatable bonds is 8. The lowest BCUT2D eigenvalue weighted by Crippen LogP contribution is -2.34. The van der Waals surface area contributed by atoms with Crippen molar-refractivity contribution in [2.24, 2.45) is 0 Å². The van der Waals surface area contributed by atoms with Crippen LogP contribution in [0, 0.1) is 0 Å². The molecule has 0 spiro atoms. The van der Waals surface area contributed by atoms with Crippen molar-refractivity contribution in [3.05, 3.63) is 42.9 Å². The van der Waals surface area contributed by atoms with Crippen molar-refractivity contribution in [2.45, 2.75) is 50.5 Å². The highest BCUT2D eigenvalue weighted by Crippen LogP contribution is 2.19. The lowest BCUT2D eigenvalue weighted by atomic mass is 10.1. The number of hydrogen-bond acceptors (Lipinski definition) is 4. The SMILES string of the molecule is CCCC(CCC)NS(=O)(=O)c1ccc(-c2cnccn2)cc1. The van der Waals surface area contributed by atoms with Crippen LogP contribution in [0.3, 0.4) is 0 Å². The Morgan fingerprint density at radius 1 is 1.04 bits per heavy atom. The molecule has 1 heterocycles. The van der Waals surface area contributed by atoms with Crippen molar-refractivity contribution >= 4 is 10.0 Å². The van der Waals surface area contributed by atoms with Gasteiger partial charge in [0, 0.05) is 24.0 Å². The molecule has 1 N–H and O–H groups in total. The van der Waals surface area contributed by atoms with Gasteiger partial charge in [-0.15, -0.1) is 0 Å². The molecule has 0 radical (unpaired) electrons. The molecule has 0 amide bonds. The molecule has 0 unspecified atom stereocenters. The molecule has 0 saturated carbocycles. The summed E-state index contributed by atoms with van der Waals surface area (Å²) in [5.41, 5.74) is 1.56. The van der Waals surface area contributed by atoms with Gasteiger partial charge in [0.15, 0.2) is 0 Å². The summed E-state index contributed by atoms with van der Waals surface area (Å²) in [4.78, 5) is 8.51. The predicted molar refractivity (Wildman–Crippen MR) is 91.4 cm³/mol. The number of benzene rings is 1. The van der Waals surface area contributed by atoms with E-state index < -0.39 is 10.0 Å². The molecule has 0 bridgehead atoms. The van der Waals surface area contributed by atoms with Gasteiger partial charge in [0.05, 0.1) is 16.8 Å². The fourth-order valence-corrected chi connectivity index (χ4v) is 3.80. The van der Waals surface area contributed by atoms with E-state index in [4.69, 9.17) is 0 Å². The largest absolute Gasteiger partial charge is 0.261 e. The average Bonchev–Trinajstić information content (AvgIpc) is 2.56. The number of nitrogens with one attached hydrogen (secondary N) is 1. The van der Waals surface area contributed by atoms with E-state index in [1.165, 1.54) is 0 Å². The normalized spacial score (nSPS) is 11.8. The topological polar surface area (TPSA) is 72.0 Å². The zero-order valence-corrected chi connectivity index (χ0v) is 14.4. The summed E-state index contributed by atoms with van der Waals surface area (Å²) in [6.45, 7) is 4.12. The quantitative estimate of drug-likeness (QED) is 0.804. The highest BCUT2D eigenvalue weighted by Gasteiger charge is 2.19. The fourth-order valence-electron chi connectivity index (χ4n) is 2.50. The van der Waals surface area contributed by atoms with Gasteiger partial charge in [-0.2, -0.15) is 0 Å². The molecule has 0 aliphatic carbocycles. The molecular formula is C17H23N3O2S. The van der Waals surface area contributed by atoms with Gasteiger partial charge < -0.3 is 0 Å². The Kier molecular flexibility index (Phi) is 6.24. The molecule has 2 aromatic rings. The van der Waals surface area contributed by atoms with Gasteiger partial charge in [-0.1, -0.05) is 38.8 Å². The maximum Gasteiger partial charge on any atom is 0.240 e. The monoisotopic (exact) mass is 333 g/mol. The zero-order chi connectivity index (χ0) is 16.7. The first-order chi connectivity index (χ1) is 11.1. The van der Waals surface area contributed by atoms with E-state index in [1.807, 2.05) is 0 Å². The van der Waals surface area contributed by atoms with Crippen molar-refractivity contribution in [3.8, 4) is 11.3 Å². The Bertz CT molecular complexity index is 694. The minimum absolute atomic E-state index is 0.00494. The Morgan fingerprint density at radius 2 is 1.70 bits per heavy atom. The number of sulfonamides is 1. The summed E-state index contributed by atoms with van der Waals surface area (Å²) in [7, 11) is -3.49. The molecule has 1 aromatic carbocycles. The van der Waals surface area contributed by atoms with Gasteiger partial charge in [-0.3, -0.25) is 9.97 Å². The van der Waals surface area contributed by atoms with E-state index in [0.717, 1.165) is 36.9 Å². The minimum Gasteiger partial charge on any atom is -0.261 e. The maximum atomic E-state index is 12.5. The predicted octanol–water partition coefficient (Wildman–Crippen LogP) is 3.39. The first-order valence-corrected chi connectivity index (χ1v) is 9.44. The summed E-state index contributed by atoms with van der Waals surface area (Å²) in [5, 5.41) is 0. The van der Waals surface area contributed by atoms with E-state index in [9.17, 15) is 8.42 Å². The zero-order valence-electron chi connectivity index (χ0n) is 13.6. The summed E-state index contributed by atoms with van der Waals surface area (Å²) < 4.78 is 27.8. The first-order valence-electron chi connectivity index (χ1n) is 7.95. The fraction of sp³-hybridized carbons (Fsp3) is 0.412. The molecule has 0 saturated heterocycles. The Labute approximate surface area is 138 Å². The molecule has 5 nitrogen and oxygen atoms in total. The second-order valence-electron chi connectivity index (χ2n) is 5.51. The Morgan fingerprint density at radius 3 is 2.22 bits per heavy atom. The van der Waals surface area contributed by atoms with Crippen molar-refractivity contribution in [2.75, 3.05) is 0 Å². The molecule has 1 aromatic heterocycles. The molecular weight excluding hydrogens is 310 g/mol. The summed E-state index contributed by atoms with van der Waals surface area (Å²) >= 11 is 0. The Balaban J connectivity index is 2.17. The molecule has 0 atom stereocenters. The molecule has 2 rings (SSSR count). The van der Waals surface area contributed by atoms with E-state index in [2.05, 4.69) is 28.5 Å². The van der Waals surface area contributed by atoms with Crippen molar-refractivity contribution < 1.29 is 8.42 Å². The number of hydrogen-bond donors (Lipinski definition) is 1. The van der Waals surface area contributed by atoms with Crippen LogP contribution < -0.4 is 4.72 Å². The van der Waals surface area contributed by atoms with Crippen molar-refractivity contribution in [1.29, 1.82) is 0 Å². The van der Waals surface area contributed by atoms with Gasteiger partial charge in [0.25, 0.3) is 0 Å². The summed E-state index contributed by atoms with van der Waals surface area (Å²) in [6, 6.07) is 6.73. The van der Waals surface area contributed by atoms with Crippen LogP contribution in [0.2, 0.25) is 0 Å². The molecule has 124 valence electrons. The van der Waals surface area contributed by atoms with Gasteiger partial charge >= 0.3 is 0 Å². The third-order valence-corrected chi connectivity index (χ3v) is 5.16. The van der Waals surface area contributed by atoms with Crippen LogP contribution in [-0.4, -0.2) is 24.4 Å². The van der Waals surface area contributed by atoms with Crippen LogP contribution in [-0.2, 0) is 10.0 Å². The van der Waals surface area contributed by atoms with Crippen LogP contribution >= 0.6 is 0 Å². The lowest BCUT2D eigenvalue weighted by molar-refractivity contribution is 0.494. The Hall–Kier alpha value is -1.79. The molecule has 0 aliphatic heterocycles. The number of nitrogens with zero attached hydrogens (tertiary/aromatic N) is 2. The third-order valence-electron chi connectivity index (χ3n) is 3.62. The maximum absolute atomic E-state index is 12.5. The average molecular weight is 333 g/mol. The molecule has 0 fully saturated rings. The third kappa shape index (κ3) is 4.84. The molecule has 23 heavy (non-hydrogen) atoms. The van der Waals surface area contributed by atoms with E-state index in [-0.39, 0.29) is 10.9 Å². The van der Waals surface area contributed by atoms with Crippen LogP contribution in [0.15, 0.2) is 47.8 Å². The van der Waals surface area contributed by atoms with Gasteiger partial charge in [-0.05, 0) is 25.0 Å². The van der Waals surface area contributed by atoms with Gasteiger partial charge in [0.1, 0.15) is 0 Å². The van der Waals surface area contributed by atoms with Crippen LogP contribution in [0.5, 0.6) is 0 Å². The van der Waals surface area contributed by atoms with Crippen molar-refractivity contribution in [3.63, 3.8) is 0 Å². The lowest BCUT2D eigenvalue weighted by Gasteiger charge is -2.17. The second-order valence-corrected chi connectivity index (χ2v) is 7.22. The molecule has 0 aliphatic rings. The minimum atomic E-state index is -3.49. The van der Waals surface area contributed by atoms with Gasteiger partial charge in [-0.25, -0.2) is 13.1 Å². The van der Waals surface area contributed by atoms with E-state index in [0.29, 0.717) is 0 Å². The first kappa shape index (κ1) is 17.6. The van der Waals surface area contributed by atoms with Crippen LogP contribution in [0.4, 0.5) is 0 Å². The standard InChI is InChI=1S/C17H23N3O2S/c1-3-5-15(6-4-2)20-23(21,22)16-9-7-14(8-10-16)17-13-18-11-12-19-17/h7-13,15,20H,3-6H2,1-2H3. The van der Waals surface area contributed by atoms with Crippen LogP contribution in [0.25, 0.3) is 11.3 Å². The highest BCUT2D eigenvalue weighted by molar-refractivity contribution is 7.89. The summed E-state index contributed by atoms with van der Waals surface area (Å²) in [6.07, 6.45) is 8.49. The van der Waals surface area contributed by atoms with E-state index in [1.54, 1.807) is 42.9 Å². The number of aromatic nitrogens is 2. The smallest absolute Gasteiger partial charge is 0.240 e. The van der Waals surface area contributed by atoms with E-state index >= 15 is 0 Å². The van der Waals surface area contributed by atoms with Crippen molar-refractivity contribution in [1.82, 2.24) is 14.7 Å². The second kappa shape index (κ2) is 8.17. The summed E-state index contributed by atoms with van der Waals surface area (Å²) in [5.74, 6) is 0. The van der Waals surface area contributed by atoms with Crippen LogP contribution in [0.1, 0.15) is 39.5 Å².